The van der Waals surface area contributed by atoms with Crippen LogP contribution in [0.15, 0.2) is 30.3 Å². The van der Waals surface area contributed by atoms with Crippen molar-refractivity contribution in [2.75, 3.05) is 0 Å². The van der Waals surface area contributed by atoms with Crippen LogP contribution >= 0.6 is 0 Å². The van der Waals surface area contributed by atoms with Gasteiger partial charge in [0.2, 0.25) is 0 Å². The second-order valence-electron chi connectivity index (χ2n) is 5.37. The first-order valence-corrected chi connectivity index (χ1v) is 6.55. The van der Waals surface area contributed by atoms with Crippen LogP contribution in [0.25, 0.3) is 0 Å². The molecule has 2 unspecified atom stereocenters. The topological polar surface area (TPSA) is 26.0 Å². The lowest BCUT2D eigenvalue weighted by Crippen LogP contribution is -2.37. The molecular weight excluding hydrogens is 194 g/mol. The highest BCUT2D eigenvalue weighted by atomic mass is 14.8. The van der Waals surface area contributed by atoms with Gasteiger partial charge in [-0.15, -0.1) is 0 Å². The fourth-order valence-electron chi connectivity index (χ4n) is 2.88. The Bertz CT molecular complexity index is 319. The van der Waals surface area contributed by atoms with Crippen LogP contribution in [-0.2, 0) is 6.42 Å². The molecule has 16 heavy (non-hydrogen) atoms. The number of hydrogen-bond acceptors (Lipinski definition) is 1. The molecule has 1 aromatic rings. The summed E-state index contributed by atoms with van der Waals surface area (Å²) in [5.41, 5.74) is 8.02. The summed E-state index contributed by atoms with van der Waals surface area (Å²) in [6.45, 7) is 2.29. The number of benzene rings is 1. The van der Waals surface area contributed by atoms with Crippen LogP contribution in [0.4, 0.5) is 0 Å². The zero-order chi connectivity index (χ0) is 11.4. The number of rotatable bonds is 4. The van der Waals surface area contributed by atoms with Gasteiger partial charge >= 0.3 is 0 Å². The van der Waals surface area contributed by atoms with Gasteiger partial charge in [-0.05, 0) is 43.6 Å². The zero-order valence-corrected chi connectivity index (χ0v) is 10.3. The Balaban J connectivity index is 1.86. The maximum atomic E-state index is 6.47. The van der Waals surface area contributed by atoms with E-state index >= 15 is 0 Å². The highest BCUT2D eigenvalue weighted by Gasteiger charge is 2.34. The highest BCUT2D eigenvalue weighted by molar-refractivity contribution is 5.15. The average molecular weight is 217 g/mol. The summed E-state index contributed by atoms with van der Waals surface area (Å²) >= 11 is 0. The molecule has 0 saturated heterocycles. The molecule has 0 radical (unpaired) electrons. The summed E-state index contributed by atoms with van der Waals surface area (Å²) in [6.07, 6.45) is 7.36. The lowest BCUT2D eigenvalue weighted by Gasteiger charge is -2.24. The van der Waals surface area contributed by atoms with Crippen molar-refractivity contribution in [3.63, 3.8) is 0 Å². The first kappa shape index (κ1) is 11.7. The molecule has 1 saturated carbocycles. The van der Waals surface area contributed by atoms with Crippen LogP contribution in [0.5, 0.6) is 0 Å². The van der Waals surface area contributed by atoms with Crippen molar-refractivity contribution in [2.24, 2.45) is 11.7 Å². The minimum atomic E-state index is 0.122. The van der Waals surface area contributed by atoms with E-state index in [0.29, 0.717) is 0 Å². The van der Waals surface area contributed by atoms with Crippen LogP contribution in [0, 0.1) is 5.92 Å². The Morgan fingerprint density at radius 1 is 1.31 bits per heavy atom. The van der Waals surface area contributed by atoms with Crippen LogP contribution < -0.4 is 5.73 Å². The quantitative estimate of drug-likeness (QED) is 0.820. The number of aryl methyl sites for hydroxylation is 1. The molecule has 1 aliphatic carbocycles. The van der Waals surface area contributed by atoms with Crippen molar-refractivity contribution in [3.05, 3.63) is 35.9 Å². The number of nitrogens with two attached hydrogens (primary N) is 1. The zero-order valence-electron chi connectivity index (χ0n) is 10.3. The third kappa shape index (κ3) is 2.85. The van der Waals surface area contributed by atoms with E-state index in [-0.39, 0.29) is 5.54 Å². The number of hydrogen-bond donors (Lipinski definition) is 1. The predicted molar refractivity (Wildman–Crippen MR) is 69.3 cm³/mol. The van der Waals surface area contributed by atoms with Gasteiger partial charge in [0.15, 0.2) is 0 Å². The van der Waals surface area contributed by atoms with E-state index in [1.165, 1.54) is 31.2 Å². The van der Waals surface area contributed by atoms with Gasteiger partial charge in [0.25, 0.3) is 0 Å². The molecule has 1 nitrogen and oxygen atoms in total. The molecule has 0 aliphatic heterocycles. The molecule has 1 aromatic carbocycles. The van der Waals surface area contributed by atoms with E-state index in [1.807, 2.05) is 0 Å². The molecular formula is C15H23N. The molecule has 0 aromatic heterocycles. The van der Waals surface area contributed by atoms with Crippen molar-refractivity contribution >= 4 is 0 Å². The van der Waals surface area contributed by atoms with E-state index in [9.17, 15) is 0 Å². The van der Waals surface area contributed by atoms with Crippen molar-refractivity contribution < 1.29 is 0 Å². The van der Waals surface area contributed by atoms with Gasteiger partial charge in [0.1, 0.15) is 0 Å². The smallest absolute Gasteiger partial charge is 0.0160 e. The molecule has 0 heterocycles. The Morgan fingerprint density at radius 3 is 2.69 bits per heavy atom. The van der Waals surface area contributed by atoms with E-state index in [0.717, 1.165) is 18.8 Å². The summed E-state index contributed by atoms with van der Waals surface area (Å²) in [6, 6.07) is 10.7. The van der Waals surface area contributed by atoms with E-state index in [4.69, 9.17) is 5.73 Å². The first-order valence-electron chi connectivity index (χ1n) is 6.55. The van der Waals surface area contributed by atoms with Crippen LogP contribution in [0.2, 0.25) is 0 Å². The molecule has 1 heteroatoms. The molecule has 1 fully saturated rings. The van der Waals surface area contributed by atoms with Crippen molar-refractivity contribution in [2.45, 2.75) is 51.0 Å². The van der Waals surface area contributed by atoms with E-state index in [1.54, 1.807) is 0 Å². The van der Waals surface area contributed by atoms with Gasteiger partial charge in [-0.2, -0.15) is 0 Å². The first-order chi connectivity index (χ1) is 7.72. The van der Waals surface area contributed by atoms with Crippen LogP contribution in [-0.4, -0.2) is 5.54 Å². The molecule has 2 rings (SSSR count). The monoisotopic (exact) mass is 217 g/mol. The second kappa shape index (κ2) is 5.01. The summed E-state index contributed by atoms with van der Waals surface area (Å²) < 4.78 is 0. The molecule has 0 bridgehead atoms. The Morgan fingerprint density at radius 2 is 2.06 bits per heavy atom. The summed E-state index contributed by atoms with van der Waals surface area (Å²) in [5, 5.41) is 0. The average Bonchev–Trinajstić information content (AvgIpc) is 2.71. The molecule has 2 atom stereocenters. The highest BCUT2D eigenvalue weighted by Crippen LogP contribution is 2.37. The van der Waals surface area contributed by atoms with Crippen LogP contribution in [0.3, 0.4) is 0 Å². The lowest BCUT2D eigenvalue weighted by atomic mass is 9.89. The Labute approximate surface area is 99.0 Å². The maximum absolute atomic E-state index is 6.47. The largest absolute Gasteiger partial charge is 0.325 e. The fraction of sp³-hybridized carbons (Fsp3) is 0.600. The minimum Gasteiger partial charge on any atom is -0.325 e. The third-order valence-electron chi connectivity index (χ3n) is 4.08. The molecule has 0 spiro atoms. The van der Waals surface area contributed by atoms with Gasteiger partial charge in [-0.3, -0.25) is 0 Å². The summed E-state index contributed by atoms with van der Waals surface area (Å²) in [7, 11) is 0. The van der Waals surface area contributed by atoms with Crippen molar-refractivity contribution in [3.8, 4) is 0 Å². The van der Waals surface area contributed by atoms with Gasteiger partial charge in [-0.25, -0.2) is 0 Å². The summed E-state index contributed by atoms with van der Waals surface area (Å²) in [5.74, 6) is 0.876. The summed E-state index contributed by atoms with van der Waals surface area (Å²) in [4.78, 5) is 0. The van der Waals surface area contributed by atoms with Crippen molar-refractivity contribution in [1.29, 1.82) is 0 Å². The van der Waals surface area contributed by atoms with Crippen molar-refractivity contribution in [1.82, 2.24) is 0 Å². The maximum Gasteiger partial charge on any atom is 0.0160 e. The Hall–Kier alpha value is -0.820. The minimum absolute atomic E-state index is 0.122. The molecule has 0 amide bonds. The van der Waals surface area contributed by atoms with Crippen LogP contribution in [0.1, 0.15) is 44.6 Å². The van der Waals surface area contributed by atoms with Gasteiger partial charge in [0, 0.05) is 5.54 Å². The second-order valence-corrected chi connectivity index (χ2v) is 5.37. The fourth-order valence-corrected chi connectivity index (χ4v) is 2.88. The lowest BCUT2D eigenvalue weighted by molar-refractivity contribution is 0.382. The third-order valence-corrected chi connectivity index (χ3v) is 4.08. The van der Waals surface area contributed by atoms with E-state index in [2.05, 4.69) is 37.3 Å². The van der Waals surface area contributed by atoms with Gasteiger partial charge in [-0.1, -0.05) is 43.7 Å². The van der Waals surface area contributed by atoms with Gasteiger partial charge in [0.05, 0.1) is 0 Å². The standard InChI is InChI=1S/C15H23N/c1-2-13-8-10-15(16,12-13)11-9-14-6-4-3-5-7-14/h3-7,13H,2,8-12,16H2,1H3. The molecule has 2 N–H and O–H groups in total. The molecule has 88 valence electrons. The molecule has 1 aliphatic rings. The van der Waals surface area contributed by atoms with Gasteiger partial charge < -0.3 is 5.73 Å². The van der Waals surface area contributed by atoms with E-state index < -0.39 is 0 Å². The Kier molecular flexibility index (Phi) is 3.65. The predicted octanol–water partition coefficient (Wildman–Crippen LogP) is 3.53. The normalized spacial score (nSPS) is 29.5. The SMILES string of the molecule is CCC1CCC(N)(CCc2ccccc2)C1.